The number of nitrogens with zero attached hydrogens (tertiary/aromatic N) is 1. The Balaban J connectivity index is 1.12. The van der Waals surface area contributed by atoms with Crippen LogP contribution in [-0.2, 0) is 27.3 Å². The number of esters is 1. The summed E-state index contributed by atoms with van der Waals surface area (Å²) in [6.07, 6.45) is 0.774. The zero-order chi connectivity index (χ0) is 33.2. The number of aromatic amines is 1. The molecule has 3 aliphatic rings. The highest BCUT2D eigenvalue weighted by Gasteiger charge is 2.48. The van der Waals surface area contributed by atoms with Gasteiger partial charge in [-0.3, -0.25) is 23.9 Å². The van der Waals surface area contributed by atoms with Gasteiger partial charge in [0.2, 0.25) is 24.3 Å². The van der Waals surface area contributed by atoms with Crippen LogP contribution in [0.5, 0.6) is 28.7 Å². The van der Waals surface area contributed by atoms with Crippen molar-refractivity contribution in [2.45, 2.75) is 25.3 Å². The molecule has 3 atom stereocenters. The predicted molar refractivity (Wildman–Crippen MR) is 159 cm³/mol. The normalized spacial score (nSPS) is 18.9. The average Bonchev–Trinajstić information content (AvgIpc) is 3.66. The second kappa shape index (κ2) is 13.1. The molecule has 0 saturated carbocycles. The highest BCUT2D eigenvalue weighted by atomic mass is 19.1. The third kappa shape index (κ3) is 6.30. The number of fused-ring (bicyclic) bond motifs is 3. The van der Waals surface area contributed by atoms with E-state index in [4.69, 9.17) is 28.4 Å². The van der Waals surface area contributed by atoms with Crippen molar-refractivity contribution in [3.8, 4) is 28.7 Å². The van der Waals surface area contributed by atoms with Crippen molar-refractivity contribution < 1.29 is 47.2 Å². The molecule has 15 nitrogen and oxygen atoms in total. The number of carbonyl (C=O) groups is 3. The molecule has 0 radical (unpaired) electrons. The van der Waals surface area contributed by atoms with Crippen molar-refractivity contribution in [3.05, 3.63) is 73.8 Å². The lowest BCUT2D eigenvalue weighted by atomic mass is 9.67. The number of H-pyrrole nitrogens is 1. The van der Waals surface area contributed by atoms with Crippen molar-refractivity contribution in [1.29, 1.82) is 0 Å². The summed E-state index contributed by atoms with van der Waals surface area (Å²) in [5.41, 5.74) is 0.523. The lowest BCUT2D eigenvalue weighted by molar-refractivity contribution is -0.141. The number of halogens is 1. The quantitative estimate of drug-likeness (QED) is 0.211. The summed E-state index contributed by atoms with van der Waals surface area (Å²) >= 11 is 0. The van der Waals surface area contributed by atoms with Gasteiger partial charge in [-0.05, 0) is 53.8 Å². The molecule has 16 heteroatoms. The average molecular weight is 655 g/mol. The molecule has 3 heterocycles. The molecule has 0 bridgehead atoms. The van der Waals surface area contributed by atoms with E-state index in [9.17, 15) is 28.4 Å². The van der Waals surface area contributed by atoms with Crippen LogP contribution in [0, 0.1) is 17.7 Å². The van der Waals surface area contributed by atoms with Gasteiger partial charge in [0.05, 0.1) is 32.9 Å². The number of methoxy groups -OCH3 is 2. The topological polar surface area (TPSA) is 186 Å². The maximum Gasteiger partial charge on any atom is 0.412 e. The van der Waals surface area contributed by atoms with Crippen LogP contribution in [0.4, 0.5) is 9.18 Å². The highest BCUT2D eigenvalue weighted by molar-refractivity contribution is 5.79. The lowest BCUT2D eigenvalue weighted by Gasteiger charge is -2.34. The minimum Gasteiger partial charge on any atom is -0.493 e. The minimum atomic E-state index is -1.19. The van der Waals surface area contributed by atoms with Gasteiger partial charge in [-0.25, -0.2) is 9.59 Å². The number of benzene rings is 2. The number of rotatable bonds is 10. The molecule has 1 aromatic heterocycles. The highest BCUT2D eigenvalue weighted by Crippen LogP contribution is 2.52. The van der Waals surface area contributed by atoms with Crippen LogP contribution in [0.25, 0.3) is 0 Å². The fraction of sp³-hybridized carbons (Fsp3) is 0.387. The number of carbonyl (C=O) groups excluding carboxylic acids is 3. The first-order valence-corrected chi connectivity index (χ1v) is 14.7. The van der Waals surface area contributed by atoms with Crippen LogP contribution in [0.1, 0.15) is 29.0 Å². The summed E-state index contributed by atoms with van der Waals surface area (Å²) in [6.45, 7) is 0.147. The molecule has 248 valence electrons. The molecule has 2 amide bonds. The van der Waals surface area contributed by atoms with Gasteiger partial charge < -0.3 is 39.1 Å². The van der Waals surface area contributed by atoms with E-state index in [0.717, 1.165) is 15.7 Å². The third-order valence-corrected chi connectivity index (χ3v) is 8.29. The zero-order valence-electron chi connectivity index (χ0n) is 25.4. The standard InChI is InChI=1S/C31H31FN4O11/c1-42-22-8-16(25-18-10-21-20(45-14-46-21)7-15(18)6-17-13-44-29(39)26(17)25)9-23(43-2)27(22)47-31(41)34-5-3-4-33-24(37)12-36-11-19(32)28(38)35-30(36)40/h7-11,17,25-26H,3-6,12-14H2,1-2H3,(H,33,37)(H,34,41)(H,35,38,40)/t17-,25+,26-/m0/s1. The Labute approximate surface area is 265 Å². The summed E-state index contributed by atoms with van der Waals surface area (Å²) in [5.74, 6) is -1.33. The van der Waals surface area contributed by atoms with Crippen LogP contribution in [0.2, 0.25) is 0 Å². The molecule has 0 unspecified atom stereocenters. The molecule has 47 heavy (non-hydrogen) atoms. The molecule has 3 N–H and O–H groups in total. The van der Waals surface area contributed by atoms with Gasteiger partial charge in [0.15, 0.2) is 23.0 Å². The van der Waals surface area contributed by atoms with E-state index >= 15 is 0 Å². The van der Waals surface area contributed by atoms with Gasteiger partial charge in [0.25, 0.3) is 5.56 Å². The Hall–Kier alpha value is -5.54. The number of ether oxygens (including phenoxy) is 6. The fourth-order valence-corrected chi connectivity index (χ4v) is 6.13. The molecule has 1 aliphatic carbocycles. The van der Waals surface area contributed by atoms with Crippen molar-refractivity contribution in [2.75, 3.05) is 40.7 Å². The zero-order valence-corrected chi connectivity index (χ0v) is 25.4. The van der Waals surface area contributed by atoms with Gasteiger partial charge in [-0.1, -0.05) is 0 Å². The van der Waals surface area contributed by atoms with Gasteiger partial charge in [0, 0.05) is 24.9 Å². The minimum absolute atomic E-state index is 0.0235. The van der Waals surface area contributed by atoms with Crippen molar-refractivity contribution in [2.24, 2.45) is 11.8 Å². The van der Waals surface area contributed by atoms with E-state index in [1.165, 1.54) is 14.2 Å². The number of amides is 2. The largest absolute Gasteiger partial charge is 0.493 e. The monoisotopic (exact) mass is 654 g/mol. The maximum absolute atomic E-state index is 13.4. The Kier molecular flexibility index (Phi) is 8.74. The summed E-state index contributed by atoms with van der Waals surface area (Å²) in [5, 5.41) is 5.11. The number of hydrogen-bond donors (Lipinski definition) is 3. The molecular formula is C31H31FN4O11. The lowest BCUT2D eigenvalue weighted by Crippen LogP contribution is -2.37. The smallest absolute Gasteiger partial charge is 0.412 e. The molecule has 0 spiro atoms. The first-order valence-electron chi connectivity index (χ1n) is 14.7. The van der Waals surface area contributed by atoms with Gasteiger partial charge in [-0.15, -0.1) is 0 Å². The fourth-order valence-electron chi connectivity index (χ4n) is 6.13. The van der Waals surface area contributed by atoms with E-state index in [0.29, 0.717) is 42.7 Å². The van der Waals surface area contributed by atoms with Crippen LogP contribution >= 0.6 is 0 Å². The second-order valence-electron chi connectivity index (χ2n) is 11.1. The number of aromatic nitrogens is 2. The maximum atomic E-state index is 13.4. The first-order chi connectivity index (χ1) is 22.7. The van der Waals surface area contributed by atoms with Crippen LogP contribution < -0.4 is 45.6 Å². The van der Waals surface area contributed by atoms with Crippen LogP contribution in [0.15, 0.2) is 40.1 Å². The second-order valence-corrected chi connectivity index (χ2v) is 11.1. The predicted octanol–water partition coefficient (Wildman–Crippen LogP) is 1.19. The Bertz CT molecular complexity index is 1830. The molecule has 1 fully saturated rings. The Morgan fingerprint density at radius 1 is 1.00 bits per heavy atom. The van der Waals surface area contributed by atoms with Gasteiger partial charge >= 0.3 is 17.8 Å². The number of cyclic esters (lactones) is 1. The molecule has 2 aromatic carbocycles. The number of hydrogen-bond acceptors (Lipinski definition) is 11. The summed E-state index contributed by atoms with van der Waals surface area (Å²) < 4.78 is 47.6. The van der Waals surface area contributed by atoms with E-state index in [1.807, 2.05) is 12.1 Å². The van der Waals surface area contributed by atoms with E-state index in [1.54, 1.807) is 17.1 Å². The van der Waals surface area contributed by atoms with E-state index in [-0.39, 0.29) is 49.0 Å². The van der Waals surface area contributed by atoms with E-state index < -0.39 is 47.4 Å². The van der Waals surface area contributed by atoms with Crippen molar-refractivity contribution >= 4 is 18.0 Å². The molecular weight excluding hydrogens is 623 g/mol. The van der Waals surface area contributed by atoms with E-state index in [2.05, 4.69) is 10.6 Å². The third-order valence-electron chi connectivity index (χ3n) is 8.29. The number of nitrogens with one attached hydrogen (secondary N) is 3. The molecule has 3 aromatic rings. The first kappa shape index (κ1) is 31.4. The molecule has 6 rings (SSSR count). The SMILES string of the molecule is COc1cc([C@@H]2c3cc4c(cc3C[C@H]3COC(=O)[C@@H]32)OCO4)cc(OC)c1OC(=O)NCCCNC(=O)Cn1cc(F)c(=O)[nH]c1=O. The summed E-state index contributed by atoms with van der Waals surface area (Å²) in [7, 11) is 2.84. The Morgan fingerprint density at radius 3 is 2.43 bits per heavy atom. The summed E-state index contributed by atoms with van der Waals surface area (Å²) in [4.78, 5) is 62.4. The van der Waals surface area contributed by atoms with Crippen molar-refractivity contribution in [1.82, 2.24) is 20.2 Å². The van der Waals surface area contributed by atoms with Gasteiger partial charge in [0.1, 0.15) is 6.54 Å². The van der Waals surface area contributed by atoms with Crippen LogP contribution in [0.3, 0.4) is 0 Å². The van der Waals surface area contributed by atoms with Crippen molar-refractivity contribution in [3.63, 3.8) is 0 Å². The Morgan fingerprint density at radius 2 is 1.70 bits per heavy atom. The molecule has 1 saturated heterocycles. The van der Waals surface area contributed by atoms with Gasteiger partial charge in [-0.2, -0.15) is 4.39 Å². The summed E-state index contributed by atoms with van der Waals surface area (Å²) in [6, 6.07) is 7.24. The van der Waals surface area contributed by atoms with Crippen LogP contribution in [-0.4, -0.2) is 68.2 Å². The molecule has 2 aliphatic heterocycles.